The largest absolute Gasteiger partial charge is 0.0767 e. The molecule has 2 saturated carbocycles. The van der Waals surface area contributed by atoms with Gasteiger partial charge in [0.25, 0.3) is 0 Å². The predicted octanol–water partition coefficient (Wildman–Crippen LogP) is 9.04. The summed E-state index contributed by atoms with van der Waals surface area (Å²) in [5.41, 5.74) is 5.06. The van der Waals surface area contributed by atoms with E-state index in [4.69, 9.17) is 0 Å². The molecule has 4 aromatic carbocycles. The summed E-state index contributed by atoms with van der Waals surface area (Å²) in [7, 11) is 0. The maximum Gasteiger partial charge on any atom is 0.0453 e. The van der Waals surface area contributed by atoms with E-state index in [9.17, 15) is 0 Å². The standard InChI is InChI=1S/C28H20.C5H3I2.Co/c1-5-13-21(14-6-1)25-26(22-15-7-2-8-16-22)28(24-19-11-4-12-20-24)27(25)23-17-9-3-10-18-23;6-4-1-2-5(7)3-4;/h1-20H;1-3H;. The summed E-state index contributed by atoms with van der Waals surface area (Å²) < 4.78 is 2.64. The molecule has 2 aliphatic rings. The molecule has 0 spiro atoms. The first-order valence-electron chi connectivity index (χ1n) is 11.5. The van der Waals surface area contributed by atoms with Crippen molar-refractivity contribution in [1.29, 1.82) is 0 Å². The molecule has 0 atom stereocenters. The summed E-state index contributed by atoms with van der Waals surface area (Å²) >= 11 is 4.59. The Balaban J connectivity index is 0.000000331. The fraction of sp³-hybridized carbons (Fsp3) is 0. The van der Waals surface area contributed by atoms with E-state index in [0.717, 1.165) is 0 Å². The van der Waals surface area contributed by atoms with Crippen molar-refractivity contribution < 1.29 is 16.8 Å². The van der Waals surface area contributed by atoms with Gasteiger partial charge in [0.1, 0.15) is 0 Å². The van der Waals surface area contributed by atoms with E-state index in [2.05, 4.69) is 186 Å². The Morgan fingerprint density at radius 3 is 0.722 bits per heavy atom. The SMILES string of the molecule is I[C]1[CH][CH][C](I)[CH]1.[Co].c1ccc([C]2[C](c3ccccc3)[C](c3ccccc3)[C]2c2ccccc2)cc1. The minimum Gasteiger partial charge on any atom is -0.0767 e. The number of rotatable bonds is 4. The summed E-state index contributed by atoms with van der Waals surface area (Å²) in [4.78, 5) is 0. The molecule has 36 heavy (non-hydrogen) atoms. The van der Waals surface area contributed by atoms with Gasteiger partial charge < -0.3 is 0 Å². The summed E-state index contributed by atoms with van der Waals surface area (Å²) in [6, 6.07) is 43.0. The van der Waals surface area contributed by atoms with E-state index in [1.165, 1.54) is 53.8 Å². The van der Waals surface area contributed by atoms with Crippen LogP contribution in [0.4, 0.5) is 0 Å². The first kappa shape index (κ1) is 27.9. The third kappa shape index (κ3) is 6.45. The van der Waals surface area contributed by atoms with E-state index in [1.807, 2.05) is 0 Å². The van der Waals surface area contributed by atoms with Crippen molar-refractivity contribution in [3.63, 3.8) is 0 Å². The maximum atomic E-state index is 2.30. The fourth-order valence-electron chi connectivity index (χ4n) is 4.40. The van der Waals surface area contributed by atoms with Gasteiger partial charge in [-0.25, -0.2) is 0 Å². The zero-order chi connectivity index (χ0) is 24.0. The first-order chi connectivity index (χ1) is 17.2. The molecule has 0 aliphatic heterocycles. The van der Waals surface area contributed by atoms with Crippen molar-refractivity contribution in [2.75, 3.05) is 0 Å². The number of hydrogen-bond acceptors (Lipinski definition) is 0. The summed E-state index contributed by atoms with van der Waals surface area (Å²) in [6.45, 7) is 0. The van der Waals surface area contributed by atoms with Crippen molar-refractivity contribution >= 4 is 45.2 Å². The van der Waals surface area contributed by atoms with Gasteiger partial charge in [0, 0.05) is 48.3 Å². The molecule has 178 valence electrons. The van der Waals surface area contributed by atoms with Gasteiger partial charge in [0.2, 0.25) is 0 Å². The molecule has 6 rings (SSSR count). The van der Waals surface area contributed by atoms with Gasteiger partial charge in [-0.05, 0) is 41.5 Å². The van der Waals surface area contributed by atoms with Crippen LogP contribution in [0.5, 0.6) is 0 Å². The average molecular weight is 732 g/mol. The van der Waals surface area contributed by atoms with Crippen LogP contribution >= 0.6 is 45.2 Å². The summed E-state index contributed by atoms with van der Waals surface area (Å²) in [6.07, 6.45) is 6.34. The molecule has 2 aliphatic carbocycles. The topological polar surface area (TPSA) is 0 Å². The normalized spacial score (nSPS) is 17.6. The Kier molecular flexibility index (Phi) is 10.5. The van der Waals surface area contributed by atoms with Crippen molar-refractivity contribution in [2.45, 2.75) is 0 Å². The molecule has 0 nitrogen and oxygen atoms in total. The van der Waals surface area contributed by atoms with E-state index >= 15 is 0 Å². The van der Waals surface area contributed by atoms with Crippen LogP contribution < -0.4 is 0 Å². The van der Waals surface area contributed by atoms with Crippen molar-refractivity contribution in [3.8, 4) is 0 Å². The predicted molar refractivity (Wildman–Crippen MR) is 163 cm³/mol. The van der Waals surface area contributed by atoms with Gasteiger partial charge in [-0.15, -0.1) is 0 Å². The first-order valence-corrected chi connectivity index (χ1v) is 13.7. The van der Waals surface area contributed by atoms with E-state index in [-0.39, 0.29) is 16.8 Å². The summed E-state index contributed by atoms with van der Waals surface area (Å²) in [5, 5.41) is 0. The van der Waals surface area contributed by atoms with Crippen LogP contribution in [0.15, 0.2) is 121 Å². The van der Waals surface area contributed by atoms with Crippen molar-refractivity contribution in [2.24, 2.45) is 0 Å². The zero-order valence-electron chi connectivity index (χ0n) is 19.4. The van der Waals surface area contributed by atoms with Gasteiger partial charge in [-0.1, -0.05) is 167 Å². The molecule has 0 aromatic heterocycles. The van der Waals surface area contributed by atoms with Crippen LogP contribution in [0.3, 0.4) is 0 Å². The monoisotopic (exact) mass is 732 g/mol. The quantitative estimate of drug-likeness (QED) is 0.184. The third-order valence-electron chi connectivity index (χ3n) is 5.93. The van der Waals surface area contributed by atoms with Crippen LogP contribution in [0, 0.1) is 50.8 Å². The molecule has 0 N–H and O–H groups in total. The molecule has 0 unspecified atom stereocenters. The minimum absolute atomic E-state index is 0. The molecule has 2 fully saturated rings. The van der Waals surface area contributed by atoms with Gasteiger partial charge in [-0.3, -0.25) is 0 Å². The maximum absolute atomic E-state index is 2.30. The number of hydrogen-bond donors (Lipinski definition) is 0. The van der Waals surface area contributed by atoms with Crippen LogP contribution in [-0.4, -0.2) is 0 Å². The molecule has 3 heteroatoms. The second-order valence-corrected chi connectivity index (χ2v) is 10.7. The Labute approximate surface area is 254 Å². The average Bonchev–Trinajstić information content (AvgIpc) is 3.29. The second-order valence-electron chi connectivity index (χ2n) is 8.21. The van der Waals surface area contributed by atoms with Crippen LogP contribution in [0.2, 0.25) is 0 Å². The Morgan fingerprint density at radius 1 is 0.333 bits per heavy atom. The fourth-order valence-corrected chi connectivity index (χ4v) is 6.03. The Morgan fingerprint density at radius 2 is 0.556 bits per heavy atom. The van der Waals surface area contributed by atoms with Crippen LogP contribution in [0.25, 0.3) is 0 Å². The molecule has 10 radical (unpaired) electrons. The van der Waals surface area contributed by atoms with E-state index in [0.29, 0.717) is 0 Å². The van der Waals surface area contributed by atoms with Gasteiger partial charge in [0.05, 0.1) is 0 Å². The summed E-state index contributed by atoms with van der Waals surface area (Å²) in [5.74, 6) is 5.32. The molecular weight excluding hydrogens is 709 g/mol. The minimum atomic E-state index is 0. The van der Waals surface area contributed by atoms with E-state index in [1.54, 1.807) is 0 Å². The molecule has 0 amide bonds. The molecule has 0 saturated heterocycles. The Hall–Kier alpha value is -1.15. The molecule has 0 heterocycles. The molecule has 4 aromatic rings. The third-order valence-corrected chi connectivity index (χ3v) is 7.27. The smallest absolute Gasteiger partial charge is 0.0453 e. The molecular formula is C33H23CoI2. The number of halogens is 2. The van der Waals surface area contributed by atoms with Gasteiger partial charge in [0.15, 0.2) is 0 Å². The molecule has 0 bridgehead atoms. The van der Waals surface area contributed by atoms with Crippen LogP contribution in [-0.2, 0) is 16.8 Å². The Bertz CT molecular complexity index is 978. The zero-order valence-corrected chi connectivity index (χ0v) is 24.7. The van der Waals surface area contributed by atoms with Crippen LogP contribution in [0.1, 0.15) is 22.3 Å². The second kappa shape index (κ2) is 13.6. The van der Waals surface area contributed by atoms with Crippen molar-refractivity contribution in [1.82, 2.24) is 0 Å². The van der Waals surface area contributed by atoms with E-state index < -0.39 is 0 Å². The van der Waals surface area contributed by atoms with Gasteiger partial charge in [-0.2, -0.15) is 0 Å². The van der Waals surface area contributed by atoms with Crippen molar-refractivity contribution in [3.05, 3.63) is 194 Å². The number of benzene rings is 4. The van der Waals surface area contributed by atoms with Gasteiger partial charge >= 0.3 is 0 Å².